The molecule has 1 saturated carbocycles. The fraction of sp³-hybridized carbons (Fsp3) is 0.870. The second-order valence-electron chi connectivity index (χ2n) is 9.67. The van der Waals surface area contributed by atoms with Crippen molar-refractivity contribution >= 4 is 17.6 Å². The Morgan fingerprint density at radius 2 is 1.71 bits per heavy atom. The SMILES string of the molecule is CC(C)C(=O)[C@H](CCN)NC(=O)[C@@H](NC(=O)C1CNC[C@@H](C2CCCCC2)C1)[C@H](C)O. The number of carbonyl (C=O) groups excluding carboxylic acids is 3. The van der Waals surface area contributed by atoms with Gasteiger partial charge < -0.3 is 26.8 Å². The van der Waals surface area contributed by atoms with Crippen molar-refractivity contribution in [1.29, 1.82) is 0 Å². The summed E-state index contributed by atoms with van der Waals surface area (Å²) in [5.74, 6) is -0.231. The number of amides is 2. The monoisotopic (exact) mass is 438 g/mol. The maximum Gasteiger partial charge on any atom is 0.245 e. The van der Waals surface area contributed by atoms with E-state index in [1.54, 1.807) is 13.8 Å². The van der Waals surface area contributed by atoms with E-state index in [9.17, 15) is 19.5 Å². The normalized spacial score (nSPS) is 25.5. The Kier molecular flexibility index (Phi) is 10.4. The van der Waals surface area contributed by atoms with Gasteiger partial charge in [0.25, 0.3) is 0 Å². The minimum atomic E-state index is -1.11. The minimum Gasteiger partial charge on any atom is -0.391 e. The molecule has 0 bridgehead atoms. The van der Waals surface area contributed by atoms with Gasteiger partial charge in [0.05, 0.1) is 18.1 Å². The van der Waals surface area contributed by atoms with Crippen molar-refractivity contribution < 1.29 is 19.5 Å². The van der Waals surface area contributed by atoms with Gasteiger partial charge in [-0.05, 0) is 44.7 Å². The molecule has 2 aliphatic rings. The molecular formula is C23H42N4O4. The predicted molar refractivity (Wildman–Crippen MR) is 120 cm³/mol. The lowest BCUT2D eigenvalue weighted by Crippen LogP contribution is -2.58. The highest BCUT2D eigenvalue weighted by molar-refractivity contribution is 5.94. The highest BCUT2D eigenvalue weighted by Crippen LogP contribution is 2.34. The number of hydrogen-bond acceptors (Lipinski definition) is 6. The van der Waals surface area contributed by atoms with Crippen LogP contribution in [0.25, 0.3) is 0 Å². The maximum atomic E-state index is 13.0. The molecule has 2 fully saturated rings. The van der Waals surface area contributed by atoms with Crippen LogP contribution in [-0.4, -0.2) is 60.5 Å². The molecule has 1 heterocycles. The van der Waals surface area contributed by atoms with Gasteiger partial charge in [0, 0.05) is 12.5 Å². The summed E-state index contributed by atoms with van der Waals surface area (Å²) < 4.78 is 0. The highest BCUT2D eigenvalue weighted by Gasteiger charge is 2.35. The molecule has 6 N–H and O–H groups in total. The first kappa shape index (κ1) is 25.7. The first-order valence-corrected chi connectivity index (χ1v) is 12.0. The number of carbonyl (C=O) groups is 3. The van der Waals surface area contributed by atoms with Crippen molar-refractivity contribution in [3.8, 4) is 0 Å². The van der Waals surface area contributed by atoms with Gasteiger partial charge in [-0.2, -0.15) is 0 Å². The summed E-state index contributed by atoms with van der Waals surface area (Å²) in [6.45, 7) is 6.77. The first-order chi connectivity index (χ1) is 14.7. The molecule has 2 rings (SSSR count). The molecule has 0 aromatic heterocycles. The summed E-state index contributed by atoms with van der Waals surface area (Å²) >= 11 is 0. The third-order valence-electron chi connectivity index (χ3n) is 6.82. The molecule has 1 saturated heterocycles. The Balaban J connectivity index is 1.98. The van der Waals surface area contributed by atoms with E-state index in [0.717, 1.165) is 13.0 Å². The Morgan fingerprint density at radius 3 is 2.29 bits per heavy atom. The van der Waals surface area contributed by atoms with Crippen LogP contribution in [0.3, 0.4) is 0 Å². The smallest absolute Gasteiger partial charge is 0.245 e. The van der Waals surface area contributed by atoms with Gasteiger partial charge in [-0.15, -0.1) is 0 Å². The second-order valence-corrected chi connectivity index (χ2v) is 9.67. The Morgan fingerprint density at radius 1 is 1.03 bits per heavy atom. The van der Waals surface area contributed by atoms with Gasteiger partial charge in [0.2, 0.25) is 11.8 Å². The summed E-state index contributed by atoms with van der Waals surface area (Å²) in [5.41, 5.74) is 5.60. The van der Waals surface area contributed by atoms with Crippen molar-refractivity contribution in [3.63, 3.8) is 0 Å². The van der Waals surface area contributed by atoms with E-state index in [4.69, 9.17) is 5.73 Å². The molecule has 5 atom stereocenters. The molecule has 31 heavy (non-hydrogen) atoms. The Bertz CT molecular complexity index is 604. The Hall–Kier alpha value is -1.51. The van der Waals surface area contributed by atoms with Crippen molar-refractivity contribution in [2.45, 2.75) is 83.9 Å². The number of nitrogens with two attached hydrogens (primary N) is 1. The van der Waals surface area contributed by atoms with E-state index >= 15 is 0 Å². The molecule has 8 nitrogen and oxygen atoms in total. The third kappa shape index (κ3) is 7.54. The van der Waals surface area contributed by atoms with E-state index in [1.165, 1.54) is 39.0 Å². The maximum absolute atomic E-state index is 13.0. The predicted octanol–water partition coefficient (Wildman–Crippen LogP) is 0.717. The van der Waals surface area contributed by atoms with E-state index in [2.05, 4.69) is 16.0 Å². The molecule has 178 valence electrons. The molecule has 1 unspecified atom stereocenters. The van der Waals surface area contributed by atoms with Crippen LogP contribution in [0.1, 0.15) is 65.7 Å². The molecule has 0 spiro atoms. The topological polar surface area (TPSA) is 134 Å². The van der Waals surface area contributed by atoms with Crippen molar-refractivity contribution in [2.75, 3.05) is 19.6 Å². The Labute approximate surface area is 186 Å². The van der Waals surface area contributed by atoms with Crippen LogP contribution in [0.2, 0.25) is 0 Å². The summed E-state index contributed by atoms with van der Waals surface area (Å²) in [6.07, 6.45) is 6.33. The van der Waals surface area contributed by atoms with Gasteiger partial charge >= 0.3 is 0 Å². The molecule has 0 aromatic rings. The van der Waals surface area contributed by atoms with E-state index in [0.29, 0.717) is 24.8 Å². The average molecular weight is 439 g/mol. The summed E-state index contributed by atoms with van der Waals surface area (Å²) in [6, 6.07) is -1.83. The fourth-order valence-corrected chi connectivity index (χ4v) is 4.93. The van der Waals surface area contributed by atoms with Gasteiger partial charge in [-0.25, -0.2) is 0 Å². The summed E-state index contributed by atoms with van der Waals surface area (Å²) in [7, 11) is 0. The number of Topliss-reactive ketones (excluding diaryl/α,β-unsaturated/α-hetero) is 1. The third-order valence-corrected chi connectivity index (χ3v) is 6.82. The van der Waals surface area contributed by atoms with Crippen LogP contribution in [-0.2, 0) is 14.4 Å². The molecule has 1 aliphatic heterocycles. The van der Waals surface area contributed by atoms with E-state index < -0.39 is 24.1 Å². The zero-order valence-electron chi connectivity index (χ0n) is 19.4. The number of nitrogens with one attached hydrogen (secondary N) is 3. The number of aliphatic hydroxyl groups excluding tert-OH is 1. The van der Waals surface area contributed by atoms with Gasteiger partial charge in [-0.3, -0.25) is 14.4 Å². The van der Waals surface area contributed by atoms with Crippen LogP contribution in [0.4, 0.5) is 0 Å². The second kappa shape index (κ2) is 12.5. The zero-order chi connectivity index (χ0) is 23.0. The highest BCUT2D eigenvalue weighted by atomic mass is 16.3. The average Bonchev–Trinajstić information content (AvgIpc) is 2.76. The quantitative estimate of drug-likeness (QED) is 0.341. The van der Waals surface area contributed by atoms with Crippen LogP contribution < -0.4 is 21.7 Å². The molecule has 2 amide bonds. The fourth-order valence-electron chi connectivity index (χ4n) is 4.93. The number of rotatable bonds is 10. The van der Waals surface area contributed by atoms with Crippen molar-refractivity contribution in [2.24, 2.45) is 29.4 Å². The largest absolute Gasteiger partial charge is 0.391 e. The van der Waals surface area contributed by atoms with E-state index in [-0.39, 0.29) is 30.1 Å². The van der Waals surface area contributed by atoms with E-state index in [1.807, 2.05) is 0 Å². The van der Waals surface area contributed by atoms with Crippen LogP contribution in [0.15, 0.2) is 0 Å². The van der Waals surface area contributed by atoms with Gasteiger partial charge in [-0.1, -0.05) is 46.0 Å². The summed E-state index contributed by atoms with van der Waals surface area (Å²) in [5, 5.41) is 19.0. The van der Waals surface area contributed by atoms with Crippen molar-refractivity contribution in [3.05, 3.63) is 0 Å². The number of piperidine rings is 1. The molecule has 8 heteroatoms. The lowest BCUT2D eigenvalue weighted by molar-refractivity contribution is -0.136. The van der Waals surface area contributed by atoms with Crippen LogP contribution in [0.5, 0.6) is 0 Å². The zero-order valence-corrected chi connectivity index (χ0v) is 19.4. The number of hydrogen-bond donors (Lipinski definition) is 5. The summed E-state index contributed by atoms with van der Waals surface area (Å²) in [4.78, 5) is 38.2. The van der Waals surface area contributed by atoms with Crippen LogP contribution >= 0.6 is 0 Å². The van der Waals surface area contributed by atoms with Crippen molar-refractivity contribution in [1.82, 2.24) is 16.0 Å². The lowest BCUT2D eigenvalue weighted by Gasteiger charge is -2.37. The standard InChI is InChI=1S/C23H42N4O4/c1-14(2)21(29)19(9-10-24)26-23(31)20(15(3)28)27-22(30)18-11-17(12-25-13-18)16-7-5-4-6-8-16/h14-20,25,28H,4-13,24H2,1-3H3,(H,26,31)(H,27,30)/t15-,17-,18?,19-,20-/m0/s1. The lowest BCUT2D eigenvalue weighted by atomic mass is 9.74. The number of aliphatic hydroxyl groups is 1. The first-order valence-electron chi connectivity index (χ1n) is 12.0. The molecule has 0 radical (unpaired) electrons. The minimum absolute atomic E-state index is 0.110. The molecule has 1 aliphatic carbocycles. The van der Waals surface area contributed by atoms with Crippen LogP contribution in [0, 0.1) is 23.7 Å². The molecular weight excluding hydrogens is 396 g/mol. The van der Waals surface area contributed by atoms with Gasteiger partial charge in [0.1, 0.15) is 6.04 Å². The number of ketones is 1. The molecule has 0 aromatic carbocycles. The van der Waals surface area contributed by atoms with Gasteiger partial charge in [0.15, 0.2) is 5.78 Å².